The van der Waals surface area contributed by atoms with E-state index >= 15 is 0 Å². The molecule has 0 amide bonds. The highest BCUT2D eigenvalue weighted by atomic mass is 14.9. The zero-order chi connectivity index (χ0) is 71.7. The molecule has 512 valence electrons. The van der Waals surface area contributed by atoms with Crippen molar-refractivity contribution in [1.29, 1.82) is 0 Å². The van der Waals surface area contributed by atoms with Crippen LogP contribution in [0.2, 0.25) is 0 Å². The van der Waals surface area contributed by atoms with Gasteiger partial charge in [-0.25, -0.2) is 22.8 Å². The number of pyridine rings is 5. The van der Waals surface area contributed by atoms with Crippen LogP contribution >= 0.6 is 0 Å². The van der Waals surface area contributed by atoms with Crippen molar-refractivity contribution in [2.24, 2.45) is 52.5 Å². The molecular weight excluding hydrogens is 1180 g/mol. The number of aryl methyl sites for hydroxylation is 14. The summed E-state index contributed by atoms with van der Waals surface area (Å²) in [5, 5.41) is 0. The molecule has 0 N–H and O–H groups in total. The lowest BCUT2D eigenvalue weighted by molar-refractivity contribution is -0.661. The highest BCUT2D eigenvalue weighted by molar-refractivity contribution is 5.65. The number of nitrogens with zero attached hydrogens (tertiary/aromatic N) is 5. The minimum atomic E-state index is 0.321. The fourth-order valence-corrected chi connectivity index (χ4v) is 13.4. The van der Waals surface area contributed by atoms with E-state index in [2.05, 4.69) is 393 Å². The van der Waals surface area contributed by atoms with Crippen LogP contribution in [-0.2, 0) is 60.9 Å². The monoisotopic (exact) mass is 1300 g/mol. The molecular formula is C92H124N5+5. The fourth-order valence-electron chi connectivity index (χ4n) is 13.4. The van der Waals surface area contributed by atoms with E-state index in [4.69, 9.17) is 0 Å². The Morgan fingerprint density at radius 2 is 0.577 bits per heavy atom. The van der Waals surface area contributed by atoms with E-state index in [1.54, 1.807) is 0 Å². The summed E-state index contributed by atoms with van der Waals surface area (Å²) < 4.78 is 11.3. The van der Waals surface area contributed by atoms with Crippen LogP contribution in [0.15, 0.2) is 183 Å². The lowest BCUT2D eigenvalue weighted by Crippen LogP contribution is -2.32. The average molecular weight is 1300 g/mol. The average Bonchev–Trinajstić information content (AvgIpc) is 0.826. The molecule has 5 aromatic carbocycles. The van der Waals surface area contributed by atoms with E-state index in [1.807, 2.05) is 0 Å². The van der Waals surface area contributed by atoms with Gasteiger partial charge < -0.3 is 0 Å². The molecule has 0 saturated carbocycles. The van der Waals surface area contributed by atoms with Gasteiger partial charge in [-0.05, 0) is 202 Å². The van der Waals surface area contributed by atoms with Crippen LogP contribution < -0.4 is 22.8 Å². The third-order valence-corrected chi connectivity index (χ3v) is 18.8. The predicted molar refractivity (Wildman–Crippen MR) is 415 cm³/mol. The van der Waals surface area contributed by atoms with Crippen LogP contribution in [0.1, 0.15) is 198 Å². The first-order chi connectivity index (χ1) is 45.7. The lowest BCUT2D eigenvalue weighted by Gasteiger charge is -2.19. The highest BCUT2D eigenvalue weighted by Crippen LogP contribution is 2.32. The Kier molecular flexibility index (Phi) is 28.4. The molecule has 0 aliphatic carbocycles. The maximum absolute atomic E-state index is 2.38. The van der Waals surface area contributed by atoms with Crippen molar-refractivity contribution in [3.63, 3.8) is 0 Å². The maximum Gasteiger partial charge on any atom is 0.212 e. The van der Waals surface area contributed by atoms with E-state index in [9.17, 15) is 0 Å². The molecule has 0 saturated heterocycles. The zero-order valence-corrected chi connectivity index (χ0v) is 65.3. The Labute approximate surface area is 590 Å². The molecule has 0 atom stereocenters. The number of aromatic nitrogens is 5. The molecule has 0 radical (unpaired) electrons. The van der Waals surface area contributed by atoms with Crippen LogP contribution in [0, 0.1) is 72.6 Å². The quantitative estimate of drug-likeness (QED) is 0.0967. The largest absolute Gasteiger partial charge is 0.212 e. The summed E-state index contributed by atoms with van der Waals surface area (Å²) >= 11 is 0. The van der Waals surface area contributed by atoms with Gasteiger partial charge in [0.15, 0.2) is 31.0 Å². The first-order valence-electron chi connectivity index (χ1n) is 36.0. The third-order valence-electron chi connectivity index (χ3n) is 18.8. The van der Waals surface area contributed by atoms with Gasteiger partial charge in [0, 0.05) is 86.0 Å². The minimum absolute atomic E-state index is 0.321. The van der Waals surface area contributed by atoms with Gasteiger partial charge in [-0.15, -0.1) is 0 Å². The second-order valence-electron chi connectivity index (χ2n) is 30.7. The van der Waals surface area contributed by atoms with Crippen LogP contribution in [0.4, 0.5) is 0 Å². The molecule has 0 unspecified atom stereocenters. The van der Waals surface area contributed by atoms with E-state index in [0.29, 0.717) is 35.0 Å². The van der Waals surface area contributed by atoms with Crippen molar-refractivity contribution in [1.82, 2.24) is 0 Å². The molecule has 5 aromatic heterocycles. The van der Waals surface area contributed by atoms with E-state index in [1.165, 1.54) is 140 Å². The summed E-state index contributed by atoms with van der Waals surface area (Å²) in [6.45, 7) is 49.4. The second kappa shape index (κ2) is 35.4. The number of hydrogen-bond donors (Lipinski definition) is 0. The Morgan fingerprint density at radius 1 is 0.289 bits per heavy atom. The van der Waals surface area contributed by atoms with Crippen LogP contribution in [0.5, 0.6) is 0 Å². The van der Waals surface area contributed by atoms with Gasteiger partial charge >= 0.3 is 0 Å². The van der Waals surface area contributed by atoms with Crippen LogP contribution in [0.3, 0.4) is 0 Å². The molecule has 0 aliphatic heterocycles. The topological polar surface area (TPSA) is 19.4 Å². The first kappa shape index (κ1) is 77.9. The molecule has 5 heteroatoms. The summed E-state index contributed by atoms with van der Waals surface area (Å²) in [6, 6.07) is 54.7. The number of rotatable bonds is 14. The highest BCUT2D eigenvalue weighted by Gasteiger charge is 2.24. The van der Waals surface area contributed by atoms with Crippen molar-refractivity contribution in [3.8, 4) is 56.3 Å². The van der Waals surface area contributed by atoms with Gasteiger partial charge in [0.1, 0.15) is 35.2 Å². The van der Waals surface area contributed by atoms with Crippen molar-refractivity contribution in [3.05, 3.63) is 266 Å². The van der Waals surface area contributed by atoms with Crippen molar-refractivity contribution < 1.29 is 22.8 Å². The summed E-state index contributed by atoms with van der Waals surface area (Å²) in [7, 11) is 10.7. The maximum atomic E-state index is 2.38. The second-order valence-corrected chi connectivity index (χ2v) is 30.7. The standard InChI is InChI=1S/2C19H26N.3C18H24N/c1-14-9-7-8-10-17(14)18-11-15(2)16(13-20(18)6)12-19(3,4)5;1-13(2)17-11-19(16-10-8-7-9-15(16)5)20(6)12-18(17)14(3)4;1-13(2)10-16-11-18(19(5)12-15(16)4)17-9-7-6-8-14(17)3;1-13(2)10-16-12-19(5)18(11-15(16)4)17-9-7-6-8-14(17)3;1-6-15-12-19(5)18(11-17(15)13(2)3)16-10-8-7-9-14(16)4/h7-11,13H,12H2,1-6H3;7-14H,1-6H3;2*6-9,11-13H,10H2,1-5H3;7-13H,6H2,1-5H3/q5*+1. The molecule has 5 heterocycles. The number of hydrogen-bond acceptors (Lipinski definition) is 0. The molecule has 0 fully saturated rings. The Morgan fingerprint density at radius 3 is 0.918 bits per heavy atom. The van der Waals surface area contributed by atoms with E-state index in [0.717, 1.165) is 25.7 Å². The minimum Gasteiger partial charge on any atom is -0.201 e. The summed E-state index contributed by atoms with van der Waals surface area (Å²) in [5.74, 6) is 3.07. The van der Waals surface area contributed by atoms with E-state index in [-0.39, 0.29) is 0 Å². The summed E-state index contributed by atoms with van der Waals surface area (Å²) in [4.78, 5) is 0. The van der Waals surface area contributed by atoms with Crippen molar-refractivity contribution in [2.45, 2.75) is 196 Å². The van der Waals surface area contributed by atoms with Gasteiger partial charge in [-0.2, -0.15) is 0 Å². The van der Waals surface area contributed by atoms with Crippen LogP contribution in [0.25, 0.3) is 56.3 Å². The summed E-state index contributed by atoms with van der Waals surface area (Å²) in [5.41, 5.74) is 34.5. The Hall–Kier alpha value is -8.15. The molecule has 10 aromatic rings. The van der Waals surface area contributed by atoms with Crippen molar-refractivity contribution in [2.75, 3.05) is 0 Å². The van der Waals surface area contributed by atoms with E-state index < -0.39 is 0 Å². The van der Waals surface area contributed by atoms with Crippen molar-refractivity contribution >= 4 is 0 Å². The summed E-state index contributed by atoms with van der Waals surface area (Å²) in [6.07, 6.45) is 15.9. The number of benzene rings is 5. The van der Waals surface area contributed by atoms with Gasteiger partial charge in [0.25, 0.3) is 0 Å². The SMILES string of the molecule is CCc1c[n+](C)c(-c2ccccc2C)cc1C(C)C.Cc1c[n+](C)c(-c2ccccc2C)cc1CC(C)C.Cc1cc(-c2ccccc2C)[n+](C)cc1CC(C)(C)C.Cc1cc(-c2ccccc2C)[n+](C)cc1CC(C)C.Cc1ccccc1-c1cc(C(C)C)c(C(C)C)c[n+]1C. The molecule has 10 rings (SSSR count). The first-order valence-corrected chi connectivity index (χ1v) is 36.0. The van der Waals surface area contributed by atoms with Gasteiger partial charge in [-0.3, -0.25) is 0 Å². The molecule has 5 nitrogen and oxygen atoms in total. The molecule has 0 spiro atoms. The van der Waals surface area contributed by atoms with Gasteiger partial charge in [-0.1, -0.05) is 188 Å². The smallest absolute Gasteiger partial charge is 0.201 e. The predicted octanol–water partition coefficient (Wildman–Crippen LogP) is 21.3. The molecule has 0 bridgehead atoms. The molecule has 97 heavy (non-hydrogen) atoms. The van der Waals surface area contributed by atoms with Crippen LogP contribution in [-0.4, -0.2) is 0 Å². The van der Waals surface area contributed by atoms with Gasteiger partial charge in [0.2, 0.25) is 28.5 Å². The third kappa shape index (κ3) is 21.4. The lowest BCUT2D eigenvalue weighted by atomic mass is 9.87. The molecule has 0 aliphatic rings. The normalized spacial score (nSPS) is 11.3. The Bertz CT molecular complexity index is 4240. The Balaban J connectivity index is 0.000000192. The fraction of sp³-hybridized carbons (Fsp3) is 0.402. The zero-order valence-electron chi connectivity index (χ0n) is 65.3. The van der Waals surface area contributed by atoms with Gasteiger partial charge in [0.05, 0.1) is 0 Å².